The summed E-state index contributed by atoms with van der Waals surface area (Å²) in [7, 11) is 0. The van der Waals surface area contributed by atoms with Crippen LogP contribution in [0.15, 0.2) is 24.3 Å². The zero-order valence-corrected chi connectivity index (χ0v) is 11.7. The summed E-state index contributed by atoms with van der Waals surface area (Å²) >= 11 is 0. The Morgan fingerprint density at radius 3 is 2.79 bits per heavy atom. The largest absolute Gasteiger partial charge is 0.493 e. The molecule has 1 amide bonds. The molecule has 0 aliphatic rings. The molecule has 0 atom stereocenters. The lowest BCUT2D eigenvalue weighted by atomic mass is 10.2. The van der Waals surface area contributed by atoms with Gasteiger partial charge in [-0.25, -0.2) is 0 Å². The van der Waals surface area contributed by atoms with Gasteiger partial charge in [0.2, 0.25) is 5.91 Å². The number of carbonyl (C=O) groups is 1. The molecule has 0 unspecified atom stereocenters. The maximum Gasteiger partial charge on any atom is 0.227 e. The second-order valence-corrected chi connectivity index (χ2v) is 4.69. The van der Waals surface area contributed by atoms with Gasteiger partial charge in [-0.3, -0.25) is 4.79 Å². The number of hydrogen-bond donors (Lipinski definition) is 0. The van der Waals surface area contributed by atoms with Crippen molar-refractivity contribution >= 4 is 5.91 Å². The Labute approximate surface area is 114 Å². The van der Waals surface area contributed by atoms with Crippen LogP contribution in [0.5, 0.6) is 5.75 Å². The highest BCUT2D eigenvalue weighted by Crippen LogP contribution is 2.12. The maximum absolute atomic E-state index is 11.9. The second-order valence-electron chi connectivity index (χ2n) is 4.69. The van der Waals surface area contributed by atoms with E-state index in [1.54, 1.807) is 4.90 Å². The Hall–Kier alpha value is -2.02. The molecule has 4 nitrogen and oxygen atoms in total. The summed E-state index contributed by atoms with van der Waals surface area (Å²) in [6.07, 6.45) is 0.286. The molecule has 0 saturated heterocycles. The van der Waals surface area contributed by atoms with Gasteiger partial charge < -0.3 is 9.64 Å². The van der Waals surface area contributed by atoms with E-state index in [1.807, 2.05) is 51.1 Å². The third-order valence-electron chi connectivity index (χ3n) is 2.76. The summed E-state index contributed by atoms with van der Waals surface area (Å²) < 4.78 is 5.54. The normalized spacial score (nSPS) is 10.1. The van der Waals surface area contributed by atoms with Gasteiger partial charge >= 0.3 is 0 Å². The van der Waals surface area contributed by atoms with Gasteiger partial charge in [-0.2, -0.15) is 5.26 Å². The Morgan fingerprint density at radius 1 is 1.47 bits per heavy atom. The lowest BCUT2D eigenvalue weighted by molar-refractivity contribution is -0.132. The minimum absolute atomic E-state index is 0.0334. The Balaban J connectivity index is 2.44. The molecule has 0 fully saturated rings. The van der Waals surface area contributed by atoms with Crippen molar-refractivity contribution < 1.29 is 9.53 Å². The number of rotatable bonds is 6. The van der Waals surface area contributed by atoms with Crippen LogP contribution in [-0.2, 0) is 4.79 Å². The van der Waals surface area contributed by atoms with Gasteiger partial charge in [0.15, 0.2) is 0 Å². The molecule has 102 valence electrons. The molecule has 0 spiro atoms. The topological polar surface area (TPSA) is 53.3 Å². The summed E-state index contributed by atoms with van der Waals surface area (Å²) in [6.45, 7) is 6.25. The average molecular weight is 260 g/mol. The average Bonchev–Trinajstić information content (AvgIpc) is 2.35. The molecule has 1 rings (SSSR count). The van der Waals surface area contributed by atoms with Crippen LogP contribution in [0.4, 0.5) is 0 Å². The van der Waals surface area contributed by atoms with Gasteiger partial charge in [0.25, 0.3) is 0 Å². The molecular weight excluding hydrogens is 240 g/mol. The molecule has 0 aliphatic heterocycles. The first-order valence-electron chi connectivity index (χ1n) is 6.40. The summed E-state index contributed by atoms with van der Waals surface area (Å²) in [5.41, 5.74) is 1.12. The molecular formula is C15H20N2O2. The fourth-order valence-corrected chi connectivity index (χ4v) is 1.74. The van der Waals surface area contributed by atoms with E-state index in [2.05, 4.69) is 0 Å². The molecule has 0 saturated carbocycles. The van der Waals surface area contributed by atoms with Crippen molar-refractivity contribution in [2.75, 3.05) is 13.2 Å². The number of amides is 1. The van der Waals surface area contributed by atoms with Crippen LogP contribution >= 0.6 is 0 Å². The molecule has 0 radical (unpaired) electrons. The summed E-state index contributed by atoms with van der Waals surface area (Å²) in [4.78, 5) is 13.5. The fraction of sp³-hybridized carbons (Fsp3) is 0.467. The van der Waals surface area contributed by atoms with E-state index in [0.29, 0.717) is 6.61 Å². The molecule has 1 aromatic carbocycles. The van der Waals surface area contributed by atoms with E-state index in [9.17, 15) is 4.79 Å². The van der Waals surface area contributed by atoms with E-state index < -0.39 is 0 Å². The predicted molar refractivity (Wildman–Crippen MR) is 73.8 cm³/mol. The van der Waals surface area contributed by atoms with E-state index in [1.165, 1.54) is 0 Å². The van der Waals surface area contributed by atoms with Crippen molar-refractivity contribution in [1.29, 1.82) is 5.26 Å². The van der Waals surface area contributed by atoms with Crippen LogP contribution in [0.1, 0.15) is 25.8 Å². The third kappa shape index (κ3) is 5.01. The molecule has 0 bridgehead atoms. The van der Waals surface area contributed by atoms with Gasteiger partial charge in [0.05, 0.1) is 19.1 Å². The summed E-state index contributed by atoms with van der Waals surface area (Å²) in [5, 5.41) is 8.69. The zero-order chi connectivity index (χ0) is 14.3. The van der Waals surface area contributed by atoms with Crippen molar-refractivity contribution in [2.24, 2.45) is 0 Å². The first kappa shape index (κ1) is 15.0. The molecule has 0 N–H and O–H groups in total. The lowest BCUT2D eigenvalue weighted by Gasteiger charge is -2.23. The third-order valence-corrected chi connectivity index (χ3v) is 2.76. The van der Waals surface area contributed by atoms with Gasteiger partial charge in [-0.05, 0) is 38.5 Å². The smallest absolute Gasteiger partial charge is 0.227 e. The quantitative estimate of drug-likeness (QED) is 0.738. The van der Waals surface area contributed by atoms with E-state index in [4.69, 9.17) is 10.00 Å². The summed E-state index contributed by atoms with van der Waals surface area (Å²) in [6, 6.07) is 9.75. The Kier molecular flexibility index (Phi) is 5.87. The number of ether oxygens (including phenoxy) is 1. The highest BCUT2D eigenvalue weighted by Gasteiger charge is 2.16. The number of hydrogen-bond acceptors (Lipinski definition) is 3. The van der Waals surface area contributed by atoms with Gasteiger partial charge in [0.1, 0.15) is 12.3 Å². The van der Waals surface area contributed by atoms with Gasteiger partial charge in [0, 0.05) is 6.04 Å². The Morgan fingerprint density at radius 2 is 2.21 bits per heavy atom. The number of nitriles is 1. The molecule has 4 heteroatoms. The predicted octanol–water partition coefficient (Wildman–Crippen LogP) is 2.52. The van der Waals surface area contributed by atoms with Crippen molar-refractivity contribution in [2.45, 2.75) is 33.2 Å². The van der Waals surface area contributed by atoms with Crippen molar-refractivity contribution in [1.82, 2.24) is 4.90 Å². The van der Waals surface area contributed by atoms with Gasteiger partial charge in [-0.15, -0.1) is 0 Å². The number of benzene rings is 1. The standard InChI is InChI=1S/C15H20N2O2/c1-12(2)17(9-8-16)15(18)7-10-19-14-6-4-5-13(3)11-14/h4-6,11-12H,7,9-10H2,1-3H3. The fourth-order valence-electron chi connectivity index (χ4n) is 1.74. The van der Waals surface area contributed by atoms with Crippen molar-refractivity contribution in [3.63, 3.8) is 0 Å². The first-order chi connectivity index (χ1) is 9.04. The Bertz CT molecular complexity index is 463. The van der Waals surface area contributed by atoms with Crippen LogP contribution in [0.25, 0.3) is 0 Å². The number of aryl methyl sites for hydroxylation is 1. The lowest BCUT2D eigenvalue weighted by Crippen LogP contribution is -2.37. The van der Waals surface area contributed by atoms with Crippen LogP contribution in [0.3, 0.4) is 0 Å². The van der Waals surface area contributed by atoms with Crippen molar-refractivity contribution in [3.8, 4) is 11.8 Å². The van der Waals surface area contributed by atoms with Gasteiger partial charge in [-0.1, -0.05) is 12.1 Å². The molecule has 0 aliphatic carbocycles. The first-order valence-corrected chi connectivity index (χ1v) is 6.40. The zero-order valence-electron chi connectivity index (χ0n) is 11.7. The van der Waals surface area contributed by atoms with E-state index >= 15 is 0 Å². The highest BCUT2D eigenvalue weighted by molar-refractivity contribution is 5.76. The SMILES string of the molecule is Cc1cccc(OCCC(=O)N(CC#N)C(C)C)c1. The van der Waals surface area contributed by atoms with Crippen LogP contribution < -0.4 is 4.74 Å². The minimum atomic E-state index is -0.0517. The monoisotopic (exact) mass is 260 g/mol. The van der Waals surface area contributed by atoms with Crippen LogP contribution in [-0.4, -0.2) is 30.0 Å². The molecule has 0 heterocycles. The second kappa shape index (κ2) is 7.42. The van der Waals surface area contributed by atoms with E-state index in [-0.39, 0.29) is 24.9 Å². The number of nitrogens with zero attached hydrogens (tertiary/aromatic N) is 2. The molecule has 19 heavy (non-hydrogen) atoms. The molecule has 0 aromatic heterocycles. The highest BCUT2D eigenvalue weighted by atomic mass is 16.5. The van der Waals surface area contributed by atoms with Crippen LogP contribution in [0.2, 0.25) is 0 Å². The minimum Gasteiger partial charge on any atom is -0.493 e. The number of carbonyl (C=O) groups excluding carboxylic acids is 1. The van der Waals surface area contributed by atoms with E-state index in [0.717, 1.165) is 11.3 Å². The summed E-state index contributed by atoms with van der Waals surface area (Å²) in [5.74, 6) is 0.716. The van der Waals surface area contributed by atoms with Crippen LogP contribution in [0, 0.1) is 18.3 Å². The van der Waals surface area contributed by atoms with Crippen molar-refractivity contribution in [3.05, 3.63) is 29.8 Å². The molecule has 1 aromatic rings. The maximum atomic E-state index is 11.9.